The summed E-state index contributed by atoms with van der Waals surface area (Å²) in [5, 5.41) is 0. The number of thioether (sulfide) groups is 2. The van der Waals surface area contributed by atoms with Crippen molar-refractivity contribution in [2.45, 2.75) is 117 Å². The molecule has 216 valence electrons. The molecule has 0 aliphatic carbocycles. The third-order valence-electron chi connectivity index (χ3n) is 5.49. The molecule has 0 amide bonds. The molecule has 0 fully saturated rings. The van der Waals surface area contributed by atoms with Crippen molar-refractivity contribution in [3.63, 3.8) is 0 Å². The molecule has 0 spiro atoms. The van der Waals surface area contributed by atoms with Gasteiger partial charge in [0.25, 0.3) is 0 Å². The van der Waals surface area contributed by atoms with Gasteiger partial charge in [-0.3, -0.25) is 0 Å². The van der Waals surface area contributed by atoms with Crippen molar-refractivity contribution >= 4 is 41.1 Å². The smallest absolute Gasteiger partial charge is 0.373 e. The fourth-order valence-electron chi connectivity index (χ4n) is 4.02. The van der Waals surface area contributed by atoms with E-state index in [4.69, 9.17) is 26.6 Å². The lowest BCUT2D eigenvalue weighted by molar-refractivity contribution is 0.0686. The predicted molar refractivity (Wildman–Crippen MR) is 161 cm³/mol. The topological polar surface area (TPSA) is 55.4 Å². The van der Waals surface area contributed by atoms with Crippen molar-refractivity contribution in [1.29, 1.82) is 0 Å². The van der Waals surface area contributed by atoms with Gasteiger partial charge in [0.05, 0.1) is 9.75 Å². The zero-order valence-electron chi connectivity index (χ0n) is 24.7. The summed E-state index contributed by atoms with van der Waals surface area (Å²) in [7, 11) is -5.75. The molecule has 0 aliphatic heterocycles. The maximum atomic E-state index is 6.31. The van der Waals surface area contributed by atoms with Crippen LogP contribution in [-0.2, 0) is 26.6 Å². The SMILES string of the molecule is CCCCCCC=C(SC(CC)[Si](OCC)(OCC)OCC)SC(CC)[Si](OCC)(OCC)OCC. The third kappa shape index (κ3) is 12.7. The molecule has 0 saturated heterocycles. The Bertz CT molecular complexity index is 484. The molecule has 0 rings (SSSR count). The second-order valence-electron chi connectivity index (χ2n) is 8.21. The van der Waals surface area contributed by atoms with Gasteiger partial charge in [0.2, 0.25) is 0 Å². The van der Waals surface area contributed by atoms with Crippen LogP contribution in [0.4, 0.5) is 0 Å². The summed E-state index contributed by atoms with van der Waals surface area (Å²) in [6, 6.07) is 0. The maximum Gasteiger partial charge on any atom is 0.515 e. The van der Waals surface area contributed by atoms with E-state index >= 15 is 0 Å². The second kappa shape index (κ2) is 22.4. The molecule has 0 N–H and O–H groups in total. The standard InChI is InChI=1S/C26H56O6S2Si2/c1-10-19-20-21-22-23-24(33-25(11-2)35(27-13-4,28-14-5)29-15-6)34-26(12-3)36(30-16-7,31-17-8)32-18-9/h23,25-26H,10-22H2,1-9H3. The van der Waals surface area contributed by atoms with E-state index in [1.54, 1.807) is 0 Å². The molecule has 2 atom stereocenters. The summed E-state index contributed by atoms with van der Waals surface area (Å²) < 4.78 is 39.1. The molecule has 0 heterocycles. The second-order valence-corrected chi connectivity index (χ2v) is 17.3. The van der Waals surface area contributed by atoms with Crippen molar-refractivity contribution in [2.24, 2.45) is 0 Å². The highest BCUT2D eigenvalue weighted by molar-refractivity contribution is 8.23. The molecular weight excluding hydrogens is 529 g/mol. The van der Waals surface area contributed by atoms with E-state index in [1.165, 1.54) is 29.9 Å². The van der Waals surface area contributed by atoms with Crippen molar-refractivity contribution in [3.8, 4) is 0 Å². The third-order valence-corrected chi connectivity index (χ3v) is 17.1. The highest BCUT2D eigenvalue weighted by Crippen LogP contribution is 2.44. The van der Waals surface area contributed by atoms with Crippen molar-refractivity contribution < 1.29 is 26.6 Å². The number of rotatable bonds is 25. The lowest BCUT2D eigenvalue weighted by Gasteiger charge is -2.37. The van der Waals surface area contributed by atoms with Gasteiger partial charge in [-0.2, -0.15) is 0 Å². The lowest BCUT2D eigenvalue weighted by Crippen LogP contribution is -2.56. The molecule has 0 saturated carbocycles. The molecule has 0 aromatic heterocycles. The van der Waals surface area contributed by atoms with Crippen molar-refractivity contribution in [1.82, 2.24) is 0 Å². The number of allylic oxidation sites excluding steroid dienone is 1. The van der Waals surface area contributed by atoms with Crippen LogP contribution in [-0.4, -0.2) is 67.0 Å². The highest BCUT2D eigenvalue weighted by Gasteiger charge is 2.52. The normalized spacial score (nSPS) is 14.1. The lowest BCUT2D eigenvalue weighted by atomic mass is 10.2. The summed E-state index contributed by atoms with van der Waals surface area (Å²) in [6.07, 6.45) is 10.3. The van der Waals surface area contributed by atoms with Gasteiger partial charge in [0.15, 0.2) is 0 Å². The molecule has 10 heteroatoms. The van der Waals surface area contributed by atoms with Crippen LogP contribution in [0.1, 0.15) is 107 Å². The van der Waals surface area contributed by atoms with Gasteiger partial charge in [0, 0.05) is 43.9 Å². The molecule has 0 aromatic carbocycles. The first kappa shape index (κ1) is 36.6. The minimum absolute atomic E-state index is 0.117. The molecule has 0 bridgehead atoms. The Morgan fingerprint density at radius 2 is 0.917 bits per heavy atom. The van der Waals surface area contributed by atoms with Gasteiger partial charge >= 0.3 is 17.6 Å². The molecule has 0 radical (unpaired) electrons. The van der Waals surface area contributed by atoms with Crippen LogP contribution < -0.4 is 0 Å². The Hall–Kier alpha value is 0.634. The van der Waals surface area contributed by atoms with Crippen LogP contribution in [0.2, 0.25) is 0 Å². The molecule has 2 unspecified atom stereocenters. The van der Waals surface area contributed by atoms with Gasteiger partial charge in [-0.05, 0) is 67.2 Å². The number of hydrogen-bond donors (Lipinski definition) is 0. The van der Waals surface area contributed by atoms with Gasteiger partial charge in [-0.1, -0.05) is 46.1 Å². The summed E-state index contributed by atoms with van der Waals surface area (Å²) in [6.45, 7) is 22.3. The summed E-state index contributed by atoms with van der Waals surface area (Å²) >= 11 is 3.72. The van der Waals surface area contributed by atoms with E-state index in [-0.39, 0.29) is 9.75 Å². The average Bonchev–Trinajstić information content (AvgIpc) is 2.85. The first-order valence-corrected chi connectivity index (χ1v) is 19.7. The average molecular weight is 585 g/mol. The van der Waals surface area contributed by atoms with Crippen LogP contribution >= 0.6 is 23.5 Å². The molecular formula is C26H56O6S2Si2. The molecule has 0 aromatic rings. The predicted octanol–water partition coefficient (Wildman–Crippen LogP) is 8.00. The Balaban J connectivity index is 6.19. The van der Waals surface area contributed by atoms with Gasteiger partial charge in [-0.15, -0.1) is 23.5 Å². The van der Waals surface area contributed by atoms with E-state index in [2.05, 4.69) is 26.8 Å². The summed E-state index contributed by atoms with van der Waals surface area (Å²) in [5.74, 6) is 0. The van der Waals surface area contributed by atoms with Crippen LogP contribution in [0, 0.1) is 0 Å². The van der Waals surface area contributed by atoms with Gasteiger partial charge in [0.1, 0.15) is 0 Å². The Morgan fingerprint density at radius 3 is 1.19 bits per heavy atom. The van der Waals surface area contributed by atoms with Crippen LogP contribution in [0.3, 0.4) is 0 Å². The highest BCUT2D eigenvalue weighted by atomic mass is 32.2. The maximum absolute atomic E-state index is 6.31. The Morgan fingerprint density at radius 1 is 0.556 bits per heavy atom. The largest absolute Gasteiger partial charge is 0.515 e. The van der Waals surface area contributed by atoms with E-state index < -0.39 is 17.6 Å². The van der Waals surface area contributed by atoms with Gasteiger partial charge < -0.3 is 26.6 Å². The van der Waals surface area contributed by atoms with Crippen molar-refractivity contribution in [3.05, 3.63) is 10.3 Å². The molecule has 0 aliphatic rings. The van der Waals surface area contributed by atoms with Crippen LogP contribution in [0.5, 0.6) is 0 Å². The Labute approximate surface area is 234 Å². The first-order chi connectivity index (χ1) is 17.4. The first-order valence-electron chi connectivity index (χ1n) is 14.3. The van der Waals surface area contributed by atoms with Crippen LogP contribution in [0.25, 0.3) is 0 Å². The van der Waals surface area contributed by atoms with E-state index in [0.717, 1.165) is 19.3 Å². The zero-order valence-corrected chi connectivity index (χ0v) is 28.3. The Kier molecular flexibility index (Phi) is 22.8. The fraction of sp³-hybridized carbons (Fsp3) is 0.923. The van der Waals surface area contributed by atoms with Crippen molar-refractivity contribution in [2.75, 3.05) is 39.6 Å². The minimum Gasteiger partial charge on any atom is -0.373 e. The fourth-order valence-corrected chi connectivity index (χ4v) is 14.9. The minimum atomic E-state index is -2.87. The van der Waals surface area contributed by atoms with E-state index in [0.29, 0.717) is 39.6 Å². The number of unbranched alkanes of at least 4 members (excludes halogenated alkanes) is 4. The summed E-state index contributed by atoms with van der Waals surface area (Å²) in [4.78, 5) is 0.234. The molecule has 6 nitrogen and oxygen atoms in total. The molecule has 36 heavy (non-hydrogen) atoms. The number of hydrogen-bond acceptors (Lipinski definition) is 8. The monoisotopic (exact) mass is 584 g/mol. The van der Waals surface area contributed by atoms with Gasteiger partial charge in [-0.25, -0.2) is 0 Å². The summed E-state index contributed by atoms with van der Waals surface area (Å²) in [5.41, 5.74) is 0. The van der Waals surface area contributed by atoms with E-state index in [9.17, 15) is 0 Å². The quantitative estimate of drug-likeness (QED) is 0.0790. The van der Waals surface area contributed by atoms with Crippen LogP contribution in [0.15, 0.2) is 10.3 Å². The van der Waals surface area contributed by atoms with E-state index in [1.807, 2.05) is 65.1 Å². The zero-order chi connectivity index (χ0) is 27.3.